The topological polar surface area (TPSA) is 79.0 Å². The van der Waals surface area contributed by atoms with Gasteiger partial charge in [0.25, 0.3) is 0 Å². The number of rotatable bonds is 7. The molecule has 32 heavy (non-hydrogen) atoms. The fourth-order valence-electron chi connectivity index (χ4n) is 4.22. The fourth-order valence-corrected chi connectivity index (χ4v) is 5.87. The molecule has 2 heterocycles. The van der Waals surface area contributed by atoms with Gasteiger partial charge in [0.15, 0.2) is 0 Å². The number of morpholine rings is 1. The van der Waals surface area contributed by atoms with Gasteiger partial charge in [0.1, 0.15) is 11.9 Å². The molecule has 4 rings (SSSR count). The quantitative estimate of drug-likeness (QED) is 0.684. The standard InChI is InChI=1S/C23H28FN3O4S/c24-20-7-9-21(10-8-20)32(29,30)27-11-3-6-22(27)23(28)25-16-18-4-1-2-5-19(18)17-26-12-14-31-15-13-26/h1-2,4-5,7-10,22H,3,6,11-17H2,(H,25,28)/t22-/m1/s1. The van der Waals surface area contributed by atoms with E-state index < -0.39 is 21.9 Å². The zero-order valence-electron chi connectivity index (χ0n) is 17.9. The van der Waals surface area contributed by atoms with Gasteiger partial charge in [-0.05, 0) is 48.2 Å². The zero-order valence-corrected chi connectivity index (χ0v) is 18.7. The highest BCUT2D eigenvalue weighted by molar-refractivity contribution is 7.89. The maximum Gasteiger partial charge on any atom is 0.243 e. The van der Waals surface area contributed by atoms with Crippen molar-refractivity contribution in [2.75, 3.05) is 32.8 Å². The number of benzene rings is 2. The van der Waals surface area contributed by atoms with Gasteiger partial charge in [0, 0.05) is 32.7 Å². The predicted octanol–water partition coefficient (Wildman–Crippen LogP) is 2.13. The van der Waals surface area contributed by atoms with E-state index in [9.17, 15) is 17.6 Å². The van der Waals surface area contributed by atoms with Crippen molar-refractivity contribution < 1.29 is 22.3 Å². The van der Waals surface area contributed by atoms with Crippen molar-refractivity contribution in [3.05, 3.63) is 65.5 Å². The molecule has 0 spiro atoms. The van der Waals surface area contributed by atoms with Crippen molar-refractivity contribution >= 4 is 15.9 Å². The molecule has 7 nitrogen and oxygen atoms in total. The first-order chi connectivity index (χ1) is 15.4. The number of carbonyl (C=O) groups is 1. The Morgan fingerprint density at radius 2 is 1.72 bits per heavy atom. The van der Waals surface area contributed by atoms with Gasteiger partial charge >= 0.3 is 0 Å². The number of nitrogens with zero attached hydrogens (tertiary/aromatic N) is 2. The largest absolute Gasteiger partial charge is 0.379 e. The van der Waals surface area contributed by atoms with Crippen LogP contribution in [0.1, 0.15) is 24.0 Å². The van der Waals surface area contributed by atoms with Crippen LogP contribution in [0.2, 0.25) is 0 Å². The second-order valence-electron chi connectivity index (χ2n) is 8.10. The Morgan fingerprint density at radius 3 is 2.44 bits per heavy atom. The molecule has 0 aliphatic carbocycles. The van der Waals surface area contributed by atoms with E-state index in [-0.39, 0.29) is 17.3 Å². The molecule has 1 N–H and O–H groups in total. The Labute approximate surface area is 188 Å². The van der Waals surface area contributed by atoms with Crippen LogP contribution in [0.5, 0.6) is 0 Å². The normalized spacial score (nSPS) is 20.3. The third-order valence-electron chi connectivity index (χ3n) is 6.00. The van der Waals surface area contributed by atoms with Crippen molar-refractivity contribution in [2.45, 2.75) is 36.9 Å². The minimum absolute atomic E-state index is 0.00513. The molecule has 2 aromatic rings. The van der Waals surface area contributed by atoms with Crippen LogP contribution in [0.3, 0.4) is 0 Å². The van der Waals surface area contributed by atoms with Crippen molar-refractivity contribution in [3.63, 3.8) is 0 Å². The SMILES string of the molecule is O=C(NCc1ccccc1CN1CCOCC1)[C@H]1CCCN1S(=O)(=O)c1ccc(F)cc1. The van der Waals surface area contributed by atoms with Crippen molar-refractivity contribution in [1.29, 1.82) is 0 Å². The summed E-state index contributed by atoms with van der Waals surface area (Å²) in [6.45, 7) is 4.57. The molecule has 0 bridgehead atoms. The Bertz CT molecular complexity index is 1040. The number of sulfonamides is 1. The Hall–Kier alpha value is -2.33. The molecule has 2 aliphatic rings. The summed E-state index contributed by atoms with van der Waals surface area (Å²) in [5.41, 5.74) is 2.15. The Morgan fingerprint density at radius 1 is 1.03 bits per heavy atom. The van der Waals surface area contributed by atoms with Gasteiger partial charge in [-0.3, -0.25) is 9.69 Å². The molecule has 0 radical (unpaired) electrons. The van der Waals surface area contributed by atoms with Crippen LogP contribution < -0.4 is 5.32 Å². The maximum absolute atomic E-state index is 13.2. The predicted molar refractivity (Wildman–Crippen MR) is 118 cm³/mol. The lowest BCUT2D eigenvalue weighted by Crippen LogP contribution is -2.45. The summed E-state index contributed by atoms with van der Waals surface area (Å²) in [7, 11) is -3.87. The van der Waals surface area contributed by atoms with E-state index >= 15 is 0 Å². The molecule has 0 aromatic heterocycles. The first kappa shape index (κ1) is 22.8. The summed E-state index contributed by atoms with van der Waals surface area (Å²) in [5, 5.41) is 2.93. The molecule has 0 saturated carbocycles. The van der Waals surface area contributed by atoms with Crippen LogP contribution in [-0.2, 0) is 32.6 Å². The van der Waals surface area contributed by atoms with Crippen LogP contribution >= 0.6 is 0 Å². The molecule has 2 aromatic carbocycles. The number of hydrogen-bond donors (Lipinski definition) is 1. The van der Waals surface area contributed by atoms with Gasteiger partial charge < -0.3 is 10.1 Å². The van der Waals surface area contributed by atoms with E-state index in [4.69, 9.17) is 4.74 Å². The number of halogens is 1. The van der Waals surface area contributed by atoms with Crippen molar-refractivity contribution in [2.24, 2.45) is 0 Å². The van der Waals surface area contributed by atoms with Crippen LogP contribution in [0.15, 0.2) is 53.4 Å². The first-order valence-corrected chi connectivity index (χ1v) is 12.3. The number of carbonyl (C=O) groups excluding carboxylic acids is 1. The summed E-state index contributed by atoms with van der Waals surface area (Å²) in [6, 6.07) is 11.9. The van der Waals surface area contributed by atoms with E-state index in [0.29, 0.717) is 19.4 Å². The van der Waals surface area contributed by atoms with Gasteiger partial charge in [-0.15, -0.1) is 0 Å². The van der Waals surface area contributed by atoms with Gasteiger partial charge in [0.2, 0.25) is 15.9 Å². The molecule has 172 valence electrons. The Balaban J connectivity index is 1.42. The number of hydrogen-bond acceptors (Lipinski definition) is 5. The molecule has 2 aliphatic heterocycles. The second-order valence-corrected chi connectivity index (χ2v) is 9.99. The van der Waals surface area contributed by atoms with Crippen LogP contribution in [0.25, 0.3) is 0 Å². The monoisotopic (exact) mass is 461 g/mol. The second kappa shape index (κ2) is 10.1. The minimum Gasteiger partial charge on any atom is -0.379 e. The maximum atomic E-state index is 13.2. The highest BCUT2D eigenvalue weighted by Crippen LogP contribution is 2.26. The molecular formula is C23H28FN3O4S. The van der Waals surface area contributed by atoms with E-state index in [1.165, 1.54) is 16.4 Å². The lowest BCUT2D eigenvalue weighted by molar-refractivity contribution is -0.124. The molecule has 1 amide bonds. The number of nitrogens with one attached hydrogen (secondary N) is 1. The summed E-state index contributed by atoms with van der Waals surface area (Å²) >= 11 is 0. The van der Waals surface area contributed by atoms with Crippen molar-refractivity contribution in [3.8, 4) is 0 Å². The van der Waals surface area contributed by atoms with E-state index in [0.717, 1.165) is 56.1 Å². The highest BCUT2D eigenvalue weighted by Gasteiger charge is 2.39. The molecule has 9 heteroatoms. The van der Waals surface area contributed by atoms with Gasteiger partial charge in [-0.1, -0.05) is 24.3 Å². The van der Waals surface area contributed by atoms with Gasteiger partial charge in [-0.25, -0.2) is 12.8 Å². The highest BCUT2D eigenvalue weighted by atomic mass is 32.2. The van der Waals surface area contributed by atoms with Gasteiger partial charge in [-0.2, -0.15) is 4.31 Å². The van der Waals surface area contributed by atoms with Crippen LogP contribution in [0.4, 0.5) is 4.39 Å². The molecular weight excluding hydrogens is 433 g/mol. The number of amides is 1. The van der Waals surface area contributed by atoms with Crippen LogP contribution in [-0.4, -0.2) is 62.4 Å². The zero-order chi connectivity index (χ0) is 22.6. The van der Waals surface area contributed by atoms with E-state index in [2.05, 4.69) is 16.3 Å². The Kier molecular flexibility index (Phi) is 7.20. The summed E-state index contributed by atoms with van der Waals surface area (Å²) < 4.78 is 45.9. The summed E-state index contributed by atoms with van der Waals surface area (Å²) in [5.74, 6) is -0.815. The molecule has 2 saturated heterocycles. The lowest BCUT2D eigenvalue weighted by Gasteiger charge is -2.27. The number of ether oxygens (including phenoxy) is 1. The average Bonchev–Trinajstić information content (AvgIpc) is 3.30. The fraction of sp³-hybridized carbons (Fsp3) is 0.435. The smallest absolute Gasteiger partial charge is 0.243 e. The van der Waals surface area contributed by atoms with E-state index in [1.54, 1.807) is 0 Å². The molecule has 2 fully saturated rings. The van der Waals surface area contributed by atoms with E-state index in [1.807, 2.05) is 18.2 Å². The summed E-state index contributed by atoms with van der Waals surface area (Å²) in [4.78, 5) is 15.3. The third kappa shape index (κ3) is 5.17. The molecule has 1 atom stereocenters. The lowest BCUT2D eigenvalue weighted by atomic mass is 10.1. The van der Waals surface area contributed by atoms with Crippen molar-refractivity contribution in [1.82, 2.24) is 14.5 Å². The third-order valence-corrected chi connectivity index (χ3v) is 7.92. The van der Waals surface area contributed by atoms with Crippen LogP contribution in [0, 0.1) is 5.82 Å². The average molecular weight is 462 g/mol. The van der Waals surface area contributed by atoms with Gasteiger partial charge in [0.05, 0.1) is 18.1 Å². The minimum atomic E-state index is -3.87. The molecule has 0 unspecified atom stereocenters. The summed E-state index contributed by atoms with van der Waals surface area (Å²) in [6.07, 6.45) is 1.06. The first-order valence-electron chi connectivity index (χ1n) is 10.9.